The number of halogens is 2. The average molecular weight is 340 g/mol. The van der Waals surface area contributed by atoms with E-state index in [1.54, 1.807) is 23.8 Å². The summed E-state index contributed by atoms with van der Waals surface area (Å²) in [5.74, 6) is 1.38. The van der Waals surface area contributed by atoms with E-state index in [9.17, 15) is 0 Å². The van der Waals surface area contributed by atoms with Gasteiger partial charge >= 0.3 is 0 Å². The van der Waals surface area contributed by atoms with Gasteiger partial charge in [-0.2, -0.15) is 9.61 Å². The Balaban J connectivity index is 2.18. The molecule has 0 saturated carbocycles. The largest absolute Gasteiger partial charge is 0.496 e. The fourth-order valence-corrected chi connectivity index (χ4v) is 2.43. The topological polar surface area (TPSA) is 52.3 Å². The molecule has 0 aliphatic carbocycles. The lowest BCUT2D eigenvalue weighted by Gasteiger charge is -2.05. The Labute approximate surface area is 122 Å². The standard InChI is InChI=1S/C12H8BrClN4O/c1-19-9-3-2-7(6-8(9)13)12-16-15-11-5-4-10(14)17-18(11)12/h2-6H,1H3. The highest BCUT2D eigenvalue weighted by molar-refractivity contribution is 9.10. The van der Waals surface area contributed by atoms with Gasteiger partial charge in [-0.05, 0) is 46.3 Å². The average Bonchev–Trinajstić information content (AvgIpc) is 2.81. The van der Waals surface area contributed by atoms with Crippen molar-refractivity contribution in [1.82, 2.24) is 19.8 Å². The highest BCUT2D eigenvalue weighted by Gasteiger charge is 2.11. The third kappa shape index (κ3) is 2.17. The van der Waals surface area contributed by atoms with Crippen LogP contribution in [0.25, 0.3) is 17.0 Å². The molecule has 0 saturated heterocycles. The summed E-state index contributed by atoms with van der Waals surface area (Å²) < 4.78 is 7.64. The van der Waals surface area contributed by atoms with Crippen molar-refractivity contribution in [3.8, 4) is 17.1 Å². The van der Waals surface area contributed by atoms with Gasteiger partial charge in [0, 0.05) is 5.56 Å². The summed E-state index contributed by atoms with van der Waals surface area (Å²) in [6, 6.07) is 9.09. The number of benzene rings is 1. The molecule has 2 aromatic heterocycles. The number of rotatable bonds is 2. The van der Waals surface area contributed by atoms with Gasteiger partial charge in [-0.3, -0.25) is 0 Å². The van der Waals surface area contributed by atoms with Crippen LogP contribution in [0.15, 0.2) is 34.8 Å². The minimum atomic E-state index is 0.390. The second-order valence-electron chi connectivity index (χ2n) is 3.80. The van der Waals surface area contributed by atoms with E-state index in [0.29, 0.717) is 16.6 Å². The maximum Gasteiger partial charge on any atom is 0.185 e. The summed E-state index contributed by atoms with van der Waals surface area (Å²) in [5, 5.41) is 12.8. The van der Waals surface area contributed by atoms with Crippen LogP contribution < -0.4 is 4.74 Å². The zero-order valence-electron chi connectivity index (χ0n) is 9.84. The molecule has 0 amide bonds. The smallest absolute Gasteiger partial charge is 0.185 e. The van der Waals surface area contributed by atoms with E-state index in [2.05, 4.69) is 31.2 Å². The first kappa shape index (κ1) is 12.4. The van der Waals surface area contributed by atoms with Crippen molar-refractivity contribution in [1.29, 1.82) is 0 Å². The van der Waals surface area contributed by atoms with Crippen molar-refractivity contribution in [3.63, 3.8) is 0 Å². The van der Waals surface area contributed by atoms with E-state index in [1.807, 2.05) is 18.2 Å². The van der Waals surface area contributed by atoms with Gasteiger partial charge in [0.1, 0.15) is 10.9 Å². The lowest BCUT2D eigenvalue weighted by molar-refractivity contribution is 0.412. The SMILES string of the molecule is COc1ccc(-c2nnc3ccc(Cl)nn23)cc1Br. The molecule has 7 heteroatoms. The van der Waals surface area contributed by atoms with Crippen molar-refractivity contribution < 1.29 is 4.74 Å². The summed E-state index contributed by atoms with van der Waals surface area (Å²) in [6.07, 6.45) is 0. The second-order valence-corrected chi connectivity index (χ2v) is 5.04. The number of nitrogens with zero attached hydrogens (tertiary/aromatic N) is 4. The zero-order valence-corrected chi connectivity index (χ0v) is 12.2. The molecular weight excluding hydrogens is 332 g/mol. The van der Waals surface area contributed by atoms with Crippen LogP contribution in [0.4, 0.5) is 0 Å². The minimum absolute atomic E-state index is 0.390. The molecule has 0 atom stereocenters. The maximum atomic E-state index is 5.90. The summed E-state index contributed by atoms with van der Waals surface area (Å²) >= 11 is 9.34. The quantitative estimate of drug-likeness (QED) is 0.719. The van der Waals surface area contributed by atoms with Gasteiger partial charge in [0.05, 0.1) is 11.6 Å². The number of hydrogen-bond acceptors (Lipinski definition) is 4. The Morgan fingerprint density at radius 3 is 2.79 bits per heavy atom. The first-order valence-corrected chi connectivity index (χ1v) is 6.58. The molecule has 0 bridgehead atoms. The maximum absolute atomic E-state index is 5.90. The molecule has 3 aromatic rings. The van der Waals surface area contributed by atoms with Crippen LogP contribution in [0.5, 0.6) is 5.75 Å². The molecule has 0 unspecified atom stereocenters. The van der Waals surface area contributed by atoms with Crippen LogP contribution in [0.3, 0.4) is 0 Å². The van der Waals surface area contributed by atoms with Crippen LogP contribution >= 0.6 is 27.5 Å². The minimum Gasteiger partial charge on any atom is -0.496 e. The Kier molecular flexibility index (Phi) is 3.12. The van der Waals surface area contributed by atoms with Crippen molar-refractivity contribution in [3.05, 3.63) is 40.0 Å². The molecule has 19 heavy (non-hydrogen) atoms. The molecule has 0 aliphatic heterocycles. The number of ether oxygens (including phenoxy) is 1. The monoisotopic (exact) mass is 338 g/mol. The number of methoxy groups -OCH3 is 1. The van der Waals surface area contributed by atoms with E-state index in [-0.39, 0.29) is 0 Å². The van der Waals surface area contributed by atoms with Crippen molar-refractivity contribution >= 4 is 33.2 Å². The highest BCUT2D eigenvalue weighted by Crippen LogP contribution is 2.29. The molecule has 0 N–H and O–H groups in total. The van der Waals surface area contributed by atoms with E-state index in [0.717, 1.165) is 15.8 Å². The molecule has 2 heterocycles. The van der Waals surface area contributed by atoms with E-state index in [1.165, 1.54) is 0 Å². The van der Waals surface area contributed by atoms with E-state index in [4.69, 9.17) is 16.3 Å². The van der Waals surface area contributed by atoms with Crippen LogP contribution in [0.1, 0.15) is 0 Å². The van der Waals surface area contributed by atoms with Gasteiger partial charge < -0.3 is 4.74 Å². The molecule has 96 valence electrons. The molecule has 0 radical (unpaired) electrons. The van der Waals surface area contributed by atoms with Crippen LogP contribution in [-0.2, 0) is 0 Å². The number of fused-ring (bicyclic) bond motifs is 1. The second kappa shape index (κ2) is 4.79. The first-order valence-electron chi connectivity index (χ1n) is 5.41. The summed E-state index contributed by atoms with van der Waals surface area (Å²) in [4.78, 5) is 0. The predicted molar refractivity (Wildman–Crippen MR) is 75.5 cm³/mol. The molecule has 0 aliphatic rings. The number of hydrogen-bond donors (Lipinski definition) is 0. The summed E-state index contributed by atoms with van der Waals surface area (Å²) in [5.41, 5.74) is 1.52. The highest BCUT2D eigenvalue weighted by atomic mass is 79.9. The Morgan fingerprint density at radius 2 is 2.05 bits per heavy atom. The molecule has 1 aromatic carbocycles. The van der Waals surface area contributed by atoms with Crippen molar-refractivity contribution in [2.45, 2.75) is 0 Å². The van der Waals surface area contributed by atoms with E-state index < -0.39 is 0 Å². The Bertz CT molecular complexity index is 759. The molecule has 3 rings (SSSR count). The fourth-order valence-electron chi connectivity index (χ4n) is 1.75. The van der Waals surface area contributed by atoms with Crippen molar-refractivity contribution in [2.75, 3.05) is 7.11 Å². The summed E-state index contributed by atoms with van der Waals surface area (Å²) in [6.45, 7) is 0. The van der Waals surface area contributed by atoms with Crippen LogP contribution in [0.2, 0.25) is 5.15 Å². The third-order valence-electron chi connectivity index (χ3n) is 2.64. The predicted octanol–water partition coefficient (Wildman–Crippen LogP) is 3.22. The normalized spacial score (nSPS) is 10.9. The summed E-state index contributed by atoms with van der Waals surface area (Å²) in [7, 11) is 1.62. The Hall–Kier alpha value is -1.66. The molecule has 0 fully saturated rings. The van der Waals surface area contributed by atoms with Crippen molar-refractivity contribution in [2.24, 2.45) is 0 Å². The number of aromatic nitrogens is 4. The van der Waals surface area contributed by atoms with Crippen LogP contribution in [0, 0.1) is 0 Å². The lowest BCUT2D eigenvalue weighted by Crippen LogP contribution is -1.95. The molecular formula is C12H8BrClN4O. The lowest BCUT2D eigenvalue weighted by atomic mass is 10.2. The van der Waals surface area contributed by atoms with Crippen LogP contribution in [-0.4, -0.2) is 26.9 Å². The van der Waals surface area contributed by atoms with Gasteiger partial charge in [0.15, 0.2) is 11.5 Å². The van der Waals surface area contributed by atoms with Gasteiger partial charge in [-0.15, -0.1) is 10.2 Å². The fraction of sp³-hybridized carbons (Fsp3) is 0.0833. The third-order valence-corrected chi connectivity index (χ3v) is 3.46. The molecule has 5 nitrogen and oxygen atoms in total. The van der Waals surface area contributed by atoms with Gasteiger partial charge in [-0.1, -0.05) is 11.6 Å². The first-order chi connectivity index (χ1) is 9.19. The van der Waals surface area contributed by atoms with Gasteiger partial charge in [0.25, 0.3) is 0 Å². The van der Waals surface area contributed by atoms with E-state index >= 15 is 0 Å². The molecule has 0 spiro atoms. The van der Waals surface area contributed by atoms with Gasteiger partial charge in [0.2, 0.25) is 0 Å². The Morgan fingerprint density at radius 1 is 1.21 bits per heavy atom. The van der Waals surface area contributed by atoms with Gasteiger partial charge in [-0.25, -0.2) is 0 Å². The zero-order chi connectivity index (χ0) is 13.4.